The number of methoxy groups -OCH3 is 2. The number of carbonyl (C=O) groups excluding carboxylic acids is 7. The topological polar surface area (TPSA) is 330 Å². The van der Waals surface area contributed by atoms with Crippen LogP contribution in [0.2, 0.25) is 0 Å². The SMILES string of the molecule is COc1cc2c(cc1OCCCCCOc1cc3c(cc1OC)C(=O)N1C=C(C)C[C@H]1[C@H](O)N3C(=O)OCc1ccc(NC(=O)[C@H](C)NC(=O)[C@@H](NC(=O)COCCOCCNS(=O)(=O)NC(=O)OCC3[C@H]4CCC=CCC[C@@H]34)C(C)C)cc1)N=C[C@@H]1CC(C)=CN1C2=O. The van der Waals surface area contributed by atoms with E-state index in [1.165, 1.54) is 38.2 Å². The standard InChI is InChI=1S/C66H85N9O18S/c1-39(2)59(71-58(76)38-89-26-25-88-24-21-68-94(84,85)72-65(82)92-37-50-46-15-11-8-9-12-16-47(46)50)61(78)69-42(5)60(77)70-44-19-17-43(18-20-44)36-93-66(83)75-52-32-57(55(87-7)30-49(52)63(80)74-35-41(4)28-53(74)64(75)81)91-23-14-10-13-22-90-56-31-51-48(29-54(56)86-6)62(79)73-34-40(3)27-45(73)33-67-51/h8-9,17-20,29-35,39,42,45-47,50,53,59,64,68,81H,10-16,21-28,36-38H2,1-7H3,(H,69,78)(H,70,77)(H,71,76)(H,72,82)/t42-,45-,46-,47+,50?,53-,59-,64-/m0/s1. The Morgan fingerprint density at radius 3 is 2.04 bits per heavy atom. The summed E-state index contributed by atoms with van der Waals surface area (Å²) in [6, 6.07) is 9.69. The third-order valence-electron chi connectivity index (χ3n) is 17.1. The van der Waals surface area contributed by atoms with Crippen LogP contribution in [0.25, 0.3) is 0 Å². The molecule has 1 fully saturated rings. The number of anilines is 2. The maximum Gasteiger partial charge on any atom is 0.421 e. The first-order valence-corrected chi connectivity index (χ1v) is 33.2. The van der Waals surface area contributed by atoms with Gasteiger partial charge in [-0.15, -0.1) is 0 Å². The molecule has 7 amide bonds. The van der Waals surface area contributed by atoms with Crippen molar-refractivity contribution in [3.05, 3.63) is 101 Å². The van der Waals surface area contributed by atoms with E-state index in [0.29, 0.717) is 78.1 Å². The molecule has 4 heterocycles. The van der Waals surface area contributed by atoms with Crippen LogP contribution in [0, 0.1) is 23.7 Å². The van der Waals surface area contributed by atoms with Gasteiger partial charge in [0, 0.05) is 43.0 Å². The molecule has 2 aliphatic carbocycles. The molecule has 0 radical (unpaired) electrons. The lowest BCUT2D eigenvalue weighted by molar-refractivity contribution is -0.133. The maximum absolute atomic E-state index is 14.2. The molecule has 508 valence electrons. The lowest BCUT2D eigenvalue weighted by Crippen LogP contribution is -2.54. The molecule has 0 bridgehead atoms. The van der Waals surface area contributed by atoms with Crippen molar-refractivity contribution in [2.24, 2.45) is 28.7 Å². The van der Waals surface area contributed by atoms with E-state index in [9.17, 15) is 47.1 Å². The summed E-state index contributed by atoms with van der Waals surface area (Å²) in [5.74, 6) is -0.210. The van der Waals surface area contributed by atoms with E-state index in [0.717, 1.165) is 48.2 Å². The second-order valence-corrected chi connectivity index (χ2v) is 25.9. The summed E-state index contributed by atoms with van der Waals surface area (Å²) in [6.45, 7) is 8.55. The van der Waals surface area contributed by atoms with Crippen LogP contribution in [0.4, 0.5) is 26.7 Å². The molecule has 6 N–H and O–H groups in total. The number of rotatable bonds is 30. The highest BCUT2D eigenvalue weighted by Gasteiger charge is 2.49. The van der Waals surface area contributed by atoms with Crippen molar-refractivity contribution in [1.82, 2.24) is 29.9 Å². The lowest BCUT2D eigenvalue weighted by Gasteiger charge is -2.31. The second kappa shape index (κ2) is 32.0. The maximum atomic E-state index is 14.2. The molecule has 28 heteroatoms. The van der Waals surface area contributed by atoms with E-state index >= 15 is 0 Å². The number of benzene rings is 3. The van der Waals surface area contributed by atoms with E-state index in [-0.39, 0.29) is 92.7 Å². The minimum absolute atomic E-state index is 0.00964. The number of fused-ring (bicyclic) bond motifs is 5. The molecule has 27 nitrogen and oxygen atoms in total. The summed E-state index contributed by atoms with van der Waals surface area (Å²) in [5, 5.41) is 19.9. The quantitative estimate of drug-likeness (QED) is 0.0291. The highest BCUT2D eigenvalue weighted by molar-refractivity contribution is 7.88. The van der Waals surface area contributed by atoms with Gasteiger partial charge in [0.1, 0.15) is 25.3 Å². The van der Waals surface area contributed by atoms with Crippen molar-refractivity contribution in [3.63, 3.8) is 0 Å². The van der Waals surface area contributed by atoms with Gasteiger partial charge in [-0.25, -0.2) is 19.2 Å². The summed E-state index contributed by atoms with van der Waals surface area (Å²) < 4.78 is 74.1. The zero-order chi connectivity index (χ0) is 67.2. The summed E-state index contributed by atoms with van der Waals surface area (Å²) in [6.07, 6.45) is 13.1. The number of hydrogen-bond donors (Lipinski definition) is 6. The molecule has 1 unspecified atom stereocenters. The Morgan fingerprint density at radius 2 is 1.36 bits per heavy atom. The molecule has 0 saturated heterocycles. The Morgan fingerprint density at radius 1 is 0.723 bits per heavy atom. The highest BCUT2D eigenvalue weighted by Crippen LogP contribution is 2.53. The van der Waals surface area contributed by atoms with Gasteiger partial charge >= 0.3 is 22.4 Å². The Labute approximate surface area is 547 Å². The monoisotopic (exact) mass is 1320 g/mol. The smallest absolute Gasteiger partial charge is 0.421 e. The molecule has 4 aliphatic heterocycles. The van der Waals surface area contributed by atoms with Gasteiger partial charge in [0.05, 0.1) is 88.4 Å². The summed E-state index contributed by atoms with van der Waals surface area (Å²) >= 11 is 0. The number of hydrogen-bond acceptors (Lipinski definition) is 19. The van der Waals surface area contributed by atoms with Gasteiger partial charge in [-0.05, 0) is 132 Å². The van der Waals surface area contributed by atoms with Crippen LogP contribution in [-0.4, -0.2) is 169 Å². The molecular weight excluding hydrogens is 1240 g/mol. The largest absolute Gasteiger partial charge is 0.493 e. The molecule has 8 atom stereocenters. The molecule has 1 saturated carbocycles. The predicted molar refractivity (Wildman–Crippen MR) is 345 cm³/mol. The van der Waals surface area contributed by atoms with Gasteiger partial charge in [0.2, 0.25) is 17.7 Å². The van der Waals surface area contributed by atoms with Gasteiger partial charge in [-0.2, -0.15) is 13.1 Å². The fourth-order valence-electron chi connectivity index (χ4n) is 12.1. The van der Waals surface area contributed by atoms with E-state index in [4.69, 9.17) is 37.9 Å². The van der Waals surface area contributed by atoms with E-state index in [1.54, 1.807) is 67.6 Å². The number of amides is 7. The number of carbonyl (C=O) groups is 7. The highest BCUT2D eigenvalue weighted by atomic mass is 32.2. The number of aliphatic hydroxyl groups excluding tert-OH is 1. The zero-order valence-electron chi connectivity index (χ0n) is 54.0. The number of aliphatic hydroxyl groups is 1. The Bertz CT molecular complexity index is 3510. The molecule has 0 aromatic heterocycles. The van der Waals surface area contributed by atoms with E-state index in [1.807, 2.05) is 24.8 Å². The van der Waals surface area contributed by atoms with E-state index in [2.05, 4.69) is 37.8 Å². The molecule has 6 aliphatic rings. The second-order valence-electron chi connectivity index (χ2n) is 24.4. The number of allylic oxidation sites excluding steroid dienone is 2. The van der Waals surface area contributed by atoms with Crippen molar-refractivity contribution in [1.29, 1.82) is 0 Å². The zero-order valence-corrected chi connectivity index (χ0v) is 54.8. The number of nitrogens with one attached hydrogen (secondary N) is 5. The van der Waals surface area contributed by atoms with Gasteiger partial charge in [0.15, 0.2) is 29.2 Å². The first-order chi connectivity index (χ1) is 45.1. The van der Waals surface area contributed by atoms with Crippen LogP contribution < -0.4 is 49.2 Å². The van der Waals surface area contributed by atoms with Crippen LogP contribution >= 0.6 is 0 Å². The minimum atomic E-state index is -4.18. The molecule has 3 aromatic carbocycles. The van der Waals surface area contributed by atoms with E-state index < -0.39 is 77.0 Å². The fourth-order valence-corrected chi connectivity index (χ4v) is 12.8. The average molecular weight is 1320 g/mol. The lowest BCUT2D eigenvalue weighted by atomic mass is 10.0. The van der Waals surface area contributed by atoms with Crippen LogP contribution in [0.5, 0.6) is 23.0 Å². The van der Waals surface area contributed by atoms with Crippen LogP contribution in [0.3, 0.4) is 0 Å². The first kappa shape index (κ1) is 69.8. The molecular formula is C66H85N9O18S. The Kier molecular flexibility index (Phi) is 23.8. The molecule has 0 spiro atoms. The average Bonchev–Trinajstić information content (AvgIpc) is 1.57. The first-order valence-electron chi connectivity index (χ1n) is 31.8. The van der Waals surface area contributed by atoms with Crippen molar-refractivity contribution in [2.45, 2.75) is 129 Å². The van der Waals surface area contributed by atoms with Crippen LogP contribution in [0.15, 0.2) is 89.2 Å². The van der Waals surface area contributed by atoms with Crippen molar-refractivity contribution >= 4 is 75.2 Å². The van der Waals surface area contributed by atoms with Crippen molar-refractivity contribution in [2.75, 3.05) is 77.2 Å². The Hall–Kier alpha value is -8.57. The van der Waals surface area contributed by atoms with Crippen molar-refractivity contribution in [3.8, 4) is 23.0 Å². The van der Waals surface area contributed by atoms with Gasteiger partial charge in [-0.3, -0.25) is 29.0 Å². The number of ether oxygens (including phenoxy) is 8. The predicted octanol–water partition coefficient (Wildman–Crippen LogP) is 6.93. The third kappa shape index (κ3) is 17.8. The fraction of sp³-hybridized carbons (Fsp3) is 0.515. The number of aliphatic imine (C=N–C) groups is 1. The van der Waals surface area contributed by atoms with Gasteiger partial charge in [-0.1, -0.05) is 49.3 Å². The third-order valence-corrected chi connectivity index (χ3v) is 18.1. The van der Waals surface area contributed by atoms with Crippen LogP contribution in [0.1, 0.15) is 119 Å². The summed E-state index contributed by atoms with van der Waals surface area (Å²) in [5.41, 5.74) is 3.85. The minimum Gasteiger partial charge on any atom is -0.493 e. The number of nitrogens with zero attached hydrogens (tertiary/aromatic N) is 4. The van der Waals surface area contributed by atoms with Crippen molar-refractivity contribution < 1.29 is 85.0 Å². The van der Waals surface area contributed by atoms with Gasteiger partial charge < -0.3 is 68.8 Å². The normalized spacial score (nSPS) is 20.8. The molecule has 3 aromatic rings. The molecule has 9 rings (SSSR count). The summed E-state index contributed by atoms with van der Waals surface area (Å²) in [7, 11) is -1.23. The van der Waals surface area contributed by atoms with Gasteiger partial charge in [0.25, 0.3) is 11.8 Å². The van der Waals surface area contributed by atoms with Crippen LogP contribution in [-0.2, 0) is 50.1 Å². The Balaban J connectivity index is 0.693. The molecule has 94 heavy (non-hydrogen) atoms. The number of unbranched alkanes of at least 4 members (excludes halogenated alkanes) is 2. The summed E-state index contributed by atoms with van der Waals surface area (Å²) in [4.78, 5) is 102.